The number of para-hydroxylation sites is 1. The second-order valence-corrected chi connectivity index (χ2v) is 6.06. The summed E-state index contributed by atoms with van der Waals surface area (Å²) in [5, 5.41) is 4.10. The van der Waals surface area contributed by atoms with Crippen molar-refractivity contribution in [3.8, 4) is 0 Å². The summed E-state index contributed by atoms with van der Waals surface area (Å²) in [6.07, 6.45) is 5.89. The van der Waals surface area contributed by atoms with Crippen LogP contribution in [-0.2, 0) is 10.5 Å². The lowest BCUT2D eigenvalue weighted by atomic mass is 10.2. The lowest BCUT2D eigenvalue weighted by Crippen LogP contribution is -2.12. The molecule has 0 aliphatic rings. The van der Waals surface area contributed by atoms with E-state index in [2.05, 4.69) is 27.4 Å². The number of aromatic amines is 1. The maximum atomic E-state index is 11.8. The largest absolute Gasteiger partial charge is 0.361 e. The number of hydrogen-bond donors (Lipinski definition) is 2. The van der Waals surface area contributed by atoms with E-state index in [9.17, 15) is 4.79 Å². The van der Waals surface area contributed by atoms with Crippen LogP contribution in [0.5, 0.6) is 0 Å². The van der Waals surface area contributed by atoms with Crippen molar-refractivity contribution in [3.05, 3.63) is 60.6 Å². The van der Waals surface area contributed by atoms with E-state index >= 15 is 0 Å². The minimum atomic E-state index is 0.0272. The smallest absolute Gasteiger partial charge is 0.225 e. The van der Waals surface area contributed by atoms with Crippen LogP contribution in [-0.4, -0.2) is 21.6 Å². The molecule has 5 heteroatoms. The molecular weight excluding hydrogens is 294 g/mol. The topological polar surface area (TPSA) is 57.8 Å². The Morgan fingerprint density at radius 3 is 3.00 bits per heavy atom. The van der Waals surface area contributed by atoms with E-state index in [0.717, 1.165) is 22.7 Å². The highest BCUT2D eigenvalue weighted by Crippen LogP contribution is 2.22. The van der Waals surface area contributed by atoms with Crippen molar-refractivity contribution in [2.45, 2.75) is 12.2 Å². The molecule has 22 heavy (non-hydrogen) atoms. The Hall–Kier alpha value is -2.27. The molecule has 0 spiro atoms. The molecule has 3 rings (SSSR count). The number of fused-ring (bicyclic) bond motifs is 1. The van der Waals surface area contributed by atoms with E-state index in [-0.39, 0.29) is 5.91 Å². The van der Waals surface area contributed by atoms with Gasteiger partial charge in [0.15, 0.2) is 0 Å². The molecule has 0 saturated heterocycles. The van der Waals surface area contributed by atoms with Crippen LogP contribution in [0, 0.1) is 0 Å². The Morgan fingerprint density at radius 2 is 2.14 bits per heavy atom. The summed E-state index contributed by atoms with van der Waals surface area (Å²) in [5.41, 5.74) is 3.19. The Balaban J connectivity index is 1.45. The third kappa shape index (κ3) is 3.68. The van der Waals surface area contributed by atoms with Crippen LogP contribution < -0.4 is 5.32 Å². The zero-order chi connectivity index (χ0) is 15.2. The van der Waals surface area contributed by atoms with E-state index < -0.39 is 0 Å². The van der Waals surface area contributed by atoms with Crippen LogP contribution in [0.15, 0.2) is 55.0 Å². The van der Waals surface area contributed by atoms with Crippen LogP contribution in [0.4, 0.5) is 5.69 Å². The molecule has 3 aromatic rings. The zero-order valence-electron chi connectivity index (χ0n) is 12.1. The van der Waals surface area contributed by atoms with Crippen molar-refractivity contribution in [2.24, 2.45) is 0 Å². The molecule has 0 atom stereocenters. The lowest BCUT2D eigenvalue weighted by molar-refractivity contribution is -0.115. The van der Waals surface area contributed by atoms with Crippen molar-refractivity contribution in [3.63, 3.8) is 0 Å². The number of aromatic nitrogens is 2. The van der Waals surface area contributed by atoms with Gasteiger partial charge >= 0.3 is 0 Å². The number of thioether (sulfide) groups is 1. The van der Waals surface area contributed by atoms with Crippen LogP contribution in [0.25, 0.3) is 10.9 Å². The average Bonchev–Trinajstić information content (AvgIpc) is 2.96. The Morgan fingerprint density at radius 1 is 1.23 bits per heavy atom. The Kier molecular flexibility index (Phi) is 4.75. The maximum Gasteiger partial charge on any atom is 0.225 e. The van der Waals surface area contributed by atoms with Crippen LogP contribution in [0.2, 0.25) is 0 Å². The van der Waals surface area contributed by atoms with Gasteiger partial charge in [0.1, 0.15) is 0 Å². The fraction of sp³-hybridized carbons (Fsp3) is 0.176. The average molecular weight is 311 g/mol. The first-order valence-electron chi connectivity index (χ1n) is 7.15. The van der Waals surface area contributed by atoms with Crippen molar-refractivity contribution in [1.82, 2.24) is 9.97 Å². The van der Waals surface area contributed by atoms with E-state index in [1.807, 2.05) is 24.4 Å². The molecule has 0 saturated carbocycles. The monoisotopic (exact) mass is 311 g/mol. The van der Waals surface area contributed by atoms with Crippen molar-refractivity contribution in [1.29, 1.82) is 0 Å². The van der Waals surface area contributed by atoms with Gasteiger partial charge in [-0.2, -0.15) is 11.8 Å². The first kappa shape index (κ1) is 14.7. The molecule has 112 valence electrons. The second-order valence-electron chi connectivity index (χ2n) is 4.95. The normalized spacial score (nSPS) is 10.7. The Labute approximate surface area is 133 Å². The molecule has 0 bridgehead atoms. The molecule has 4 nitrogen and oxygen atoms in total. The van der Waals surface area contributed by atoms with Gasteiger partial charge in [-0.25, -0.2) is 0 Å². The summed E-state index contributed by atoms with van der Waals surface area (Å²) in [5.74, 6) is 1.73. The zero-order valence-corrected chi connectivity index (χ0v) is 12.9. The van der Waals surface area contributed by atoms with Gasteiger partial charge in [0, 0.05) is 41.2 Å². The third-order valence-corrected chi connectivity index (χ3v) is 4.36. The highest BCUT2D eigenvalue weighted by atomic mass is 32.2. The summed E-state index contributed by atoms with van der Waals surface area (Å²) in [7, 11) is 0. The number of anilines is 1. The highest BCUT2D eigenvalue weighted by Gasteiger charge is 2.05. The second kappa shape index (κ2) is 7.13. The molecule has 0 unspecified atom stereocenters. The van der Waals surface area contributed by atoms with Crippen molar-refractivity contribution < 1.29 is 4.79 Å². The number of rotatable bonds is 6. The van der Waals surface area contributed by atoms with Gasteiger partial charge in [-0.05, 0) is 23.8 Å². The molecule has 0 fully saturated rings. The molecule has 2 aromatic heterocycles. The van der Waals surface area contributed by atoms with Crippen molar-refractivity contribution in [2.75, 3.05) is 11.1 Å². The van der Waals surface area contributed by atoms with Gasteiger partial charge in [-0.3, -0.25) is 9.78 Å². The number of pyridine rings is 1. The van der Waals surface area contributed by atoms with Crippen molar-refractivity contribution >= 4 is 34.3 Å². The van der Waals surface area contributed by atoms with Crippen LogP contribution in [0.1, 0.15) is 12.0 Å². The summed E-state index contributed by atoms with van der Waals surface area (Å²) in [6, 6.07) is 11.9. The lowest BCUT2D eigenvalue weighted by Gasteiger charge is -2.04. The standard InChI is InChI=1S/C17H17N3OS/c21-17(20-14-4-3-8-18-11-14)7-9-22-12-13-10-19-16-6-2-1-5-15(13)16/h1-6,8,10-11,19H,7,9,12H2,(H,20,21). The SMILES string of the molecule is O=C(CCSCc1c[nH]c2ccccc12)Nc1cccnc1. The number of carbonyl (C=O) groups is 1. The summed E-state index contributed by atoms with van der Waals surface area (Å²) < 4.78 is 0. The molecule has 0 aliphatic heterocycles. The van der Waals surface area contributed by atoms with Crippen LogP contribution in [0.3, 0.4) is 0 Å². The fourth-order valence-electron chi connectivity index (χ4n) is 2.26. The van der Waals surface area contributed by atoms with Gasteiger partial charge in [0.05, 0.1) is 11.9 Å². The summed E-state index contributed by atoms with van der Waals surface area (Å²) in [6.45, 7) is 0. The fourth-order valence-corrected chi connectivity index (χ4v) is 3.19. The van der Waals surface area contributed by atoms with Crippen LogP contribution >= 0.6 is 11.8 Å². The summed E-state index contributed by atoms with van der Waals surface area (Å²) >= 11 is 1.77. The number of hydrogen-bond acceptors (Lipinski definition) is 3. The number of H-pyrrole nitrogens is 1. The molecule has 2 N–H and O–H groups in total. The minimum Gasteiger partial charge on any atom is -0.361 e. The Bertz CT molecular complexity index is 755. The summed E-state index contributed by atoms with van der Waals surface area (Å²) in [4.78, 5) is 19.1. The first-order valence-corrected chi connectivity index (χ1v) is 8.31. The number of benzene rings is 1. The maximum absolute atomic E-state index is 11.8. The minimum absolute atomic E-state index is 0.0272. The van der Waals surface area contributed by atoms with Gasteiger partial charge in [-0.15, -0.1) is 0 Å². The van der Waals surface area contributed by atoms with Gasteiger partial charge in [0.25, 0.3) is 0 Å². The molecule has 0 radical (unpaired) electrons. The number of carbonyl (C=O) groups excluding carboxylic acids is 1. The third-order valence-electron chi connectivity index (χ3n) is 3.35. The number of nitrogens with one attached hydrogen (secondary N) is 2. The number of nitrogens with zero attached hydrogens (tertiary/aromatic N) is 1. The molecule has 2 heterocycles. The van der Waals surface area contributed by atoms with E-state index in [1.54, 1.807) is 30.2 Å². The highest BCUT2D eigenvalue weighted by molar-refractivity contribution is 7.98. The van der Waals surface area contributed by atoms with E-state index in [1.165, 1.54) is 10.9 Å². The predicted octanol–water partition coefficient (Wildman–Crippen LogP) is 3.82. The predicted molar refractivity (Wildman–Crippen MR) is 91.9 cm³/mol. The first-order chi connectivity index (χ1) is 10.8. The van der Waals surface area contributed by atoms with Gasteiger partial charge in [-0.1, -0.05) is 18.2 Å². The molecular formula is C17H17N3OS. The van der Waals surface area contributed by atoms with Gasteiger partial charge in [0.2, 0.25) is 5.91 Å². The molecule has 1 aromatic carbocycles. The van der Waals surface area contributed by atoms with Gasteiger partial charge < -0.3 is 10.3 Å². The van der Waals surface area contributed by atoms with E-state index in [0.29, 0.717) is 6.42 Å². The quantitative estimate of drug-likeness (QED) is 0.680. The van der Waals surface area contributed by atoms with E-state index in [4.69, 9.17) is 0 Å². The molecule has 1 amide bonds. The molecule has 0 aliphatic carbocycles. The number of amides is 1.